The molecule has 1 aliphatic heterocycles. The number of hydrogen-bond acceptors (Lipinski definition) is 4. The van der Waals surface area contributed by atoms with Gasteiger partial charge in [-0.25, -0.2) is 12.8 Å². The molecule has 2 atom stereocenters. The van der Waals surface area contributed by atoms with Crippen molar-refractivity contribution in [2.45, 2.75) is 31.4 Å². The largest absolute Gasteiger partial charge is 0.367 e. The lowest BCUT2D eigenvalue weighted by molar-refractivity contribution is -0.0605. The predicted molar refractivity (Wildman–Crippen MR) is 132 cm³/mol. The Morgan fingerprint density at radius 2 is 1.74 bits per heavy atom. The molecule has 31 heavy (non-hydrogen) atoms. The number of morpholine rings is 1. The van der Waals surface area contributed by atoms with Gasteiger partial charge in [-0.1, -0.05) is 36.4 Å². The van der Waals surface area contributed by atoms with Crippen molar-refractivity contribution in [1.82, 2.24) is 10.2 Å². The number of nitrogens with zero attached hydrogens (tertiary/aromatic N) is 2. The highest BCUT2D eigenvalue weighted by Gasteiger charge is 2.28. The van der Waals surface area contributed by atoms with Crippen LogP contribution in [0.5, 0.6) is 0 Å². The second kappa shape index (κ2) is 11.2. The molecule has 1 fully saturated rings. The monoisotopic (exact) mass is 561 g/mol. The van der Waals surface area contributed by atoms with Gasteiger partial charge in [-0.05, 0) is 35.7 Å². The van der Waals surface area contributed by atoms with Gasteiger partial charge >= 0.3 is 0 Å². The summed E-state index contributed by atoms with van der Waals surface area (Å²) < 4.78 is 42.2. The molecule has 9 heteroatoms. The number of nitrogens with one attached hydrogen (secondary N) is 1. The third-order valence-corrected chi connectivity index (χ3v) is 5.77. The van der Waals surface area contributed by atoms with Gasteiger partial charge in [0.25, 0.3) is 0 Å². The van der Waals surface area contributed by atoms with Crippen LogP contribution < -0.4 is 5.32 Å². The lowest BCUT2D eigenvalue weighted by atomic mass is 10.1. The van der Waals surface area contributed by atoms with Crippen molar-refractivity contribution in [3.63, 3.8) is 0 Å². The number of guanidine groups is 1. The van der Waals surface area contributed by atoms with Crippen LogP contribution >= 0.6 is 24.0 Å². The van der Waals surface area contributed by atoms with E-state index in [9.17, 15) is 12.8 Å². The Bertz CT molecular complexity index is 982. The first-order chi connectivity index (χ1) is 14.2. The lowest BCUT2D eigenvalue weighted by Crippen LogP contribution is -2.50. The van der Waals surface area contributed by atoms with Crippen LogP contribution in [0, 0.1) is 5.82 Å². The summed E-state index contributed by atoms with van der Waals surface area (Å²) in [7, 11) is -1.30. The summed E-state index contributed by atoms with van der Waals surface area (Å²) in [4.78, 5) is 6.55. The van der Waals surface area contributed by atoms with Crippen molar-refractivity contribution in [2.24, 2.45) is 4.99 Å². The molecule has 0 bridgehead atoms. The van der Waals surface area contributed by atoms with Crippen LogP contribution in [-0.4, -0.2) is 51.8 Å². The molecule has 2 aromatic rings. The van der Waals surface area contributed by atoms with Crippen molar-refractivity contribution >= 4 is 39.8 Å². The van der Waals surface area contributed by atoms with Gasteiger partial charge < -0.3 is 15.0 Å². The molecule has 0 saturated carbocycles. The maximum atomic E-state index is 13.2. The molecule has 1 N–H and O–H groups in total. The molecule has 2 aromatic carbocycles. The zero-order chi connectivity index (χ0) is 21.7. The Balaban J connectivity index is 0.00000341. The van der Waals surface area contributed by atoms with Crippen molar-refractivity contribution in [3.05, 3.63) is 71.0 Å². The molecular formula is C22H29FIN3O3S. The van der Waals surface area contributed by atoms with Gasteiger partial charge in [0, 0.05) is 26.4 Å². The predicted octanol–water partition coefficient (Wildman–Crippen LogP) is 3.53. The van der Waals surface area contributed by atoms with Gasteiger partial charge in [0.15, 0.2) is 15.8 Å². The number of ether oxygens (including phenoxy) is 1. The summed E-state index contributed by atoms with van der Waals surface area (Å²) in [6.07, 6.45) is 1.07. The summed E-state index contributed by atoms with van der Waals surface area (Å²) >= 11 is 0. The van der Waals surface area contributed by atoms with Crippen molar-refractivity contribution < 1.29 is 17.5 Å². The first-order valence-electron chi connectivity index (χ1n) is 9.85. The minimum atomic E-state index is -3.04. The van der Waals surface area contributed by atoms with Crippen molar-refractivity contribution in [2.75, 3.05) is 26.4 Å². The molecule has 0 aromatic heterocycles. The van der Waals surface area contributed by atoms with Crippen molar-refractivity contribution in [1.29, 1.82) is 0 Å². The van der Waals surface area contributed by atoms with Crippen LogP contribution in [0.1, 0.15) is 29.7 Å². The minimum Gasteiger partial charge on any atom is -0.367 e. The van der Waals surface area contributed by atoms with Crippen LogP contribution in [-0.2, 0) is 26.9 Å². The first-order valence-corrected chi connectivity index (χ1v) is 11.9. The summed E-state index contributed by atoms with van der Waals surface area (Å²) in [6.45, 7) is 3.89. The number of sulfone groups is 1. The number of benzene rings is 2. The molecule has 0 aliphatic carbocycles. The Labute approximate surface area is 200 Å². The van der Waals surface area contributed by atoms with E-state index in [0.717, 1.165) is 22.6 Å². The number of rotatable bonds is 5. The highest BCUT2D eigenvalue weighted by Crippen LogP contribution is 2.25. The normalized spacial score (nSPS) is 19.6. The zero-order valence-corrected chi connectivity index (χ0v) is 21.1. The SMILES string of the molecule is CN=C(NCc1ccc(CS(C)(=O)=O)cc1)N1CC(C)OC(c2ccc(F)cc2)C1.I. The minimum absolute atomic E-state index is 0. The second-order valence-electron chi connectivity index (χ2n) is 7.68. The van der Waals surface area contributed by atoms with Gasteiger partial charge in [0.05, 0.1) is 18.4 Å². The molecule has 0 radical (unpaired) electrons. The van der Waals surface area contributed by atoms with E-state index in [1.807, 2.05) is 31.2 Å². The van der Waals surface area contributed by atoms with Gasteiger partial charge in [0.2, 0.25) is 0 Å². The maximum Gasteiger partial charge on any atom is 0.194 e. The molecule has 1 saturated heterocycles. The van der Waals surface area contributed by atoms with Crippen LogP contribution in [0.15, 0.2) is 53.5 Å². The molecule has 1 aliphatic rings. The standard InChI is InChI=1S/C22H28FN3O3S.HI/c1-16-13-26(14-21(29-16)19-8-10-20(23)11-9-19)22(24-2)25-12-17-4-6-18(7-5-17)15-30(3,27)28;/h4-11,16,21H,12-15H2,1-3H3,(H,24,25);1H. The summed E-state index contributed by atoms with van der Waals surface area (Å²) in [6, 6.07) is 13.9. The quantitative estimate of drug-likeness (QED) is 0.344. The summed E-state index contributed by atoms with van der Waals surface area (Å²) in [5.74, 6) is 0.538. The Hall–Kier alpha value is -1.72. The molecular weight excluding hydrogens is 532 g/mol. The van der Waals surface area contributed by atoms with E-state index in [4.69, 9.17) is 4.74 Å². The van der Waals surface area contributed by atoms with E-state index >= 15 is 0 Å². The topological polar surface area (TPSA) is 71.0 Å². The Kier molecular flexibility index (Phi) is 9.26. The zero-order valence-electron chi connectivity index (χ0n) is 17.9. The highest BCUT2D eigenvalue weighted by molar-refractivity contribution is 14.0. The van der Waals surface area contributed by atoms with Crippen LogP contribution in [0.4, 0.5) is 4.39 Å². The molecule has 3 rings (SSSR count). The molecule has 170 valence electrons. The Morgan fingerprint density at radius 1 is 1.13 bits per heavy atom. The average Bonchev–Trinajstić information content (AvgIpc) is 2.69. The summed E-state index contributed by atoms with van der Waals surface area (Å²) in [5, 5.41) is 3.37. The van der Waals surface area contributed by atoms with Crippen LogP contribution in [0.25, 0.3) is 0 Å². The van der Waals surface area contributed by atoms with Gasteiger partial charge in [-0.3, -0.25) is 4.99 Å². The molecule has 2 unspecified atom stereocenters. The van der Waals surface area contributed by atoms with E-state index < -0.39 is 9.84 Å². The number of aliphatic imine (C=N–C) groups is 1. The fourth-order valence-corrected chi connectivity index (χ4v) is 4.35. The molecule has 0 spiro atoms. The lowest BCUT2D eigenvalue weighted by Gasteiger charge is -2.38. The number of halogens is 2. The van der Waals surface area contributed by atoms with E-state index in [2.05, 4.69) is 15.2 Å². The summed E-state index contributed by atoms with van der Waals surface area (Å²) in [5.41, 5.74) is 2.74. The van der Waals surface area contributed by atoms with E-state index in [1.165, 1.54) is 18.4 Å². The maximum absolute atomic E-state index is 13.2. The van der Waals surface area contributed by atoms with E-state index in [1.54, 1.807) is 19.2 Å². The third kappa shape index (κ3) is 7.73. The molecule has 1 heterocycles. The molecule has 0 amide bonds. The first kappa shape index (κ1) is 25.5. The van der Waals surface area contributed by atoms with Gasteiger partial charge in [-0.15, -0.1) is 24.0 Å². The Morgan fingerprint density at radius 3 is 2.32 bits per heavy atom. The van der Waals surface area contributed by atoms with Gasteiger partial charge in [0.1, 0.15) is 11.9 Å². The van der Waals surface area contributed by atoms with Crippen LogP contribution in [0.3, 0.4) is 0 Å². The fraction of sp³-hybridized carbons (Fsp3) is 0.409. The third-order valence-electron chi connectivity index (χ3n) is 4.92. The highest BCUT2D eigenvalue weighted by atomic mass is 127. The van der Waals surface area contributed by atoms with Crippen molar-refractivity contribution in [3.8, 4) is 0 Å². The van der Waals surface area contributed by atoms with Gasteiger partial charge in [-0.2, -0.15) is 0 Å². The second-order valence-corrected chi connectivity index (χ2v) is 9.82. The van der Waals surface area contributed by atoms with Crippen LogP contribution in [0.2, 0.25) is 0 Å². The molecule has 6 nitrogen and oxygen atoms in total. The van der Waals surface area contributed by atoms with E-state index in [-0.39, 0.29) is 47.8 Å². The smallest absolute Gasteiger partial charge is 0.194 e. The van der Waals surface area contributed by atoms with E-state index in [0.29, 0.717) is 19.6 Å². The number of hydrogen-bond donors (Lipinski definition) is 1. The fourth-order valence-electron chi connectivity index (χ4n) is 3.56. The average molecular weight is 561 g/mol.